The summed E-state index contributed by atoms with van der Waals surface area (Å²) in [7, 11) is 0. The number of nitro groups is 1. The van der Waals surface area contributed by atoms with E-state index in [1.54, 1.807) is 0 Å². The van der Waals surface area contributed by atoms with Gasteiger partial charge in [0.2, 0.25) is 0 Å². The van der Waals surface area contributed by atoms with Crippen LogP contribution in [0.5, 0.6) is 0 Å². The summed E-state index contributed by atoms with van der Waals surface area (Å²) in [5.74, 6) is 0. The van der Waals surface area contributed by atoms with Gasteiger partial charge in [-0.25, -0.2) is 0 Å². The predicted octanol–water partition coefficient (Wildman–Crippen LogP) is 1.29. The highest BCUT2D eigenvalue weighted by atomic mass is 35.5. The van der Waals surface area contributed by atoms with Crippen LogP contribution in [0.4, 0.5) is 5.69 Å². The number of aliphatic hydroxyl groups is 3. The lowest BCUT2D eigenvalue weighted by Gasteiger charge is -2.16. The molecule has 0 aliphatic heterocycles. The third kappa shape index (κ3) is 3.05. The van der Waals surface area contributed by atoms with Crippen molar-refractivity contribution in [3.63, 3.8) is 0 Å². The molecule has 1 aromatic carbocycles. The molecule has 6 nitrogen and oxygen atoms in total. The summed E-state index contributed by atoms with van der Waals surface area (Å²) in [5.41, 5.74) is -0.676. The van der Waals surface area contributed by atoms with Gasteiger partial charge in [-0.1, -0.05) is 23.2 Å². The maximum atomic E-state index is 10.7. The minimum Gasteiger partial charge on any atom is -0.394 e. The molecule has 17 heavy (non-hydrogen) atoms. The normalized spacial score (nSPS) is 14.4. The van der Waals surface area contributed by atoms with Crippen molar-refractivity contribution in [3.05, 3.63) is 37.9 Å². The Kier molecular flexibility index (Phi) is 4.67. The molecule has 0 spiro atoms. The fourth-order valence-corrected chi connectivity index (χ4v) is 1.58. The Morgan fingerprint density at radius 3 is 2.29 bits per heavy atom. The standard InChI is InChI=1S/C9H9Cl2NO5/c10-5-1-4(9(15)8(14)3-13)7(12(16)17)2-6(5)11/h1-2,8-9,13-15H,3H2. The molecule has 0 radical (unpaired) electrons. The number of halogens is 2. The molecule has 8 heteroatoms. The van der Waals surface area contributed by atoms with Crippen LogP contribution in [0.2, 0.25) is 10.0 Å². The summed E-state index contributed by atoms with van der Waals surface area (Å²) < 4.78 is 0. The zero-order valence-corrected chi connectivity index (χ0v) is 9.89. The van der Waals surface area contributed by atoms with Gasteiger partial charge in [-0.05, 0) is 6.07 Å². The number of nitro benzene ring substituents is 1. The summed E-state index contributed by atoms with van der Waals surface area (Å²) in [5, 5.41) is 38.3. The lowest BCUT2D eigenvalue weighted by molar-refractivity contribution is -0.386. The number of benzene rings is 1. The molecule has 2 atom stereocenters. The number of rotatable bonds is 4. The highest BCUT2D eigenvalue weighted by Gasteiger charge is 2.27. The topological polar surface area (TPSA) is 104 Å². The van der Waals surface area contributed by atoms with E-state index in [-0.39, 0.29) is 15.6 Å². The molecule has 0 fully saturated rings. The number of nitrogens with zero attached hydrogens (tertiary/aromatic N) is 1. The van der Waals surface area contributed by atoms with Crippen LogP contribution in [0.15, 0.2) is 12.1 Å². The molecule has 0 aromatic heterocycles. The van der Waals surface area contributed by atoms with Crippen LogP contribution in [0.25, 0.3) is 0 Å². The summed E-state index contributed by atoms with van der Waals surface area (Å²) in [6.45, 7) is -0.738. The van der Waals surface area contributed by atoms with E-state index in [4.69, 9.17) is 28.3 Å². The van der Waals surface area contributed by atoms with Crippen LogP contribution in [0.1, 0.15) is 11.7 Å². The first-order valence-corrected chi connectivity index (χ1v) is 5.24. The smallest absolute Gasteiger partial charge is 0.276 e. The van der Waals surface area contributed by atoms with Crippen LogP contribution in [0.3, 0.4) is 0 Å². The summed E-state index contributed by atoms with van der Waals surface area (Å²) >= 11 is 11.3. The SMILES string of the molecule is O=[N+]([O-])c1cc(Cl)c(Cl)cc1C(O)C(O)CO. The van der Waals surface area contributed by atoms with Crippen LogP contribution in [-0.2, 0) is 0 Å². The van der Waals surface area contributed by atoms with E-state index in [1.807, 2.05) is 0 Å². The molecule has 0 aliphatic rings. The second-order valence-electron chi connectivity index (χ2n) is 3.28. The lowest BCUT2D eigenvalue weighted by Crippen LogP contribution is -2.22. The molecule has 2 unspecified atom stereocenters. The van der Waals surface area contributed by atoms with Crippen molar-refractivity contribution < 1.29 is 20.2 Å². The maximum absolute atomic E-state index is 10.7. The molecule has 1 aromatic rings. The average molecular weight is 282 g/mol. The van der Waals surface area contributed by atoms with Gasteiger partial charge in [-0.2, -0.15) is 0 Å². The van der Waals surface area contributed by atoms with Crippen molar-refractivity contribution in [2.24, 2.45) is 0 Å². The minimum atomic E-state index is -1.62. The number of hydrogen-bond donors (Lipinski definition) is 3. The highest BCUT2D eigenvalue weighted by Crippen LogP contribution is 2.34. The van der Waals surface area contributed by atoms with Crippen LogP contribution < -0.4 is 0 Å². The molecule has 1 rings (SSSR count). The molecular weight excluding hydrogens is 273 g/mol. The zero-order valence-electron chi connectivity index (χ0n) is 8.38. The summed E-state index contributed by atoms with van der Waals surface area (Å²) in [6.07, 6.45) is -3.15. The quantitative estimate of drug-likeness (QED) is 0.570. The van der Waals surface area contributed by atoms with E-state index in [0.717, 1.165) is 12.1 Å². The second kappa shape index (κ2) is 5.61. The van der Waals surface area contributed by atoms with E-state index in [0.29, 0.717) is 0 Å². The van der Waals surface area contributed by atoms with Gasteiger partial charge in [0.05, 0.1) is 27.1 Å². The Labute approximate surface area is 106 Å². The molecule has 0 heterocycles. The maximum Gasteiger partial charge on any atom is 0.276 e. The van der Waals surface area contributed by atoms with Crippen molar-refractivity contribution in [3.8, 4) is 0 Å². The highest BCUT2D eigenvalue weighted by molar-refractivity contribution is 6.42. The molecule has 0 saturated carbocycles. The molecular formula is C9H9Cl2NO5. The fourth-order valence-electron chi connectivity index (χ4n) is 1.25. The Morgan fingerprint density at radius 1 is 1.29 bits per heavy atom. The van der Waals surface area contributed by atoms with Gasteiger partial charge in [0.25, 0.3) is 5.69 Å². The Balaban J connectivity index is 3.30. The van der Waals surface area contributed by atoms with Crippen molar-refractivity contribution in [1.82, 2.24) is 0 Å². The van der Waals surface area contributed by atoms with E-state index in [1.165, 1.54) is 0 Å². The van der Waals surface area contributed by atoms with E-state index in [2.05, 4.69) is 0 Å². The third-order valence-electron chi connectivity index (χ3n) is 2.14. The van der Waals surface area contributed by atoms with E-state index >= 15 is 0 Å². The predicted molar refractivity (Wildman–Crippen MR) is 61.2 cm³/mol. The number of hydrogen-bond acceptors (Lipinski definition) is 5. The third-order valence-corrected chi connectivity index (χ3v) is 2.86. The van der Waals surface area contributed by atoms with Gasteiger partial charge in [-0.15, -0.1) is 0 Å². The van der Waals surface area contributed by atoms with Gasteiger partial charge in [0.15, 0.2) is 0 Å². The Hall–Kier alpha value is -0.920. The van der Waals surface area contributed by atoms with Crippen LogP contribution in [-0.4, -0.2) is 33.0 Å². The van der Waals surface area contributed by atoms with Crippen LogP contribution >= 0.6 is 23.2 Å². The molecule has 0 amide bonds. The first-order chi connectivity index (χ1) is 7.88. The minimum absolute atomic E-state index is 0.0106. The number of aliphatic hydroxyl groups excluding tert-OH is 3. The Morgan fingerprint density at radius 2 is 1.82 bits per heavy atom. The first kappa shape index (κ1) is 14.1. The van der Waals surface area contributed by atoms with E-state index < -0.39 is 29.4 Å². The molecule has 0 bridgehead atoms. The lowest BCUT2D eigenvalue weighted by atomic mass is 10.0. The van der Waals surface area contributed by atoms with Gasteiger partial charge in [0.1, 0.15) is 12.2 Å². The summed E-state index contributed by atoms with van der Waals surface area (Å²) in [6, 6.07) is 2.07. The van der Waals surface area contributed by atoms with Gasteiger partial charge >= 0.3 is 0 Å². The fraction of sp³-hybridized carbons (Fsp3) is 0.333. The largest absolute Gasteiger partial charge is 0.394 e. The van der Waals surface area contributed by atoms with E-state index in [9.17, 15) is 20.3 Å². The first-order valence-electron chi connectivity index (χ1n) is 4.48. The van der Waals surface area contributed by atoms with Crippen molar-refractivity contribution in [2.75, 3.05) is 6.61 Å². The van der Waals surface area contributed by atoms with Crippen LogP contribution in [0, 0.1) is 10.1 Å². The molecule has 0 saturated heterocycles. The van der Waals surface area contributed by atoms with Crippen molar-refractivity contribution >= 4 is 28.9 Å². The molecule has 94 valence electrons. The van der Waals surface area contributed by atoms with Gasteiger partial charge in [0, 0.05) is 6.07 Å². The monoisotopic (exact) mass is 281 g/mol. The average Bonchev–Trinajstić information content (AvgIpc) is 2.29. The molecule has 3 N–H and O–H groups in total. The Bertz CT molecular complexity index is 440. The van der Waals surface area contributed by atoms with Crippen molar-refractivity contribution in [1.29, 1.82) is 0 Å². The molecule has 0 aliphatic carbocycles. The zero-order chi connectivity index (χ0) is 13.2. The second-order valence-corrected chi connectivity index (χ2v) is 4.09. The summed E-state index contributed by atoms with van der Waals surface area (Å²) in [4.78, 5) is 9.99. The van der Waals surface area contributed by atoms with Gasteiger partial charge in [-0.3, -0.25) is 10.1 Å². The van der Waals surface area contributed by atoms with Gasteiger partial charge < -0.3 is 15.3 Å². The van der Waals surface area contributed by atoms with Crippen molar-refractivity contribution in [2.45, 2.75) is 12.2 Å².